The van der Waals surface area contributed by atoms with Gasteiger partial charge in [0.1, 0.15) is 11.6 Å². The molecule has 0 radical (unpaired) electrons. The van der Waals surface area contributed by atoms with Crippen LogP contribution in [0.15, 0.2) is 18.2 Å². The minimum absolute atomic E-state index is 0.0689. The van der Waals surface area contributed by atoms with Crippen LogP contribution in [0, 0.1) is 17.6 Å². The molecule has 6 heteroatoms. The van der Waals surface area contributed by atoms with Gasteiger partial charge in [-0.3, -0.25) is 14.5 Å². The minimum Gasteiger partial charge on any atom is -0.369 e. The number of primary amides is 1. The van der Waals surface area contributed by atoms with Crippen LogP contribution < -0.4 is 5.73 Å². The number of hydrogen-bond acceptors (Lipinski definition) is 3. The van der Waals surface area contributed by atoms with Crippen LogP contribution in [-0.4, -0.2) is 35.7 Å². The largest absolute Gasteiger partial charge is 0.369 e. The zero-order chi connectivity index (χ0) is 15.6. The highest BCUT2D eigenvalue weighted by atomic mass is 19.1. The fourth-order valence-electron chi connectivity index (χ4n) is 2.66. The van der Waals surface area contributed by atoms with Crippen molar-refractivity contribution in [1.82, 2.24) is 4.90 Å². The van der Waals surface area contributed by atoms with Crippen molar-refractivity contribution in [3.8, 4) is 0 Å². The lowest BCUT2D eigenvalue weighted by molar-refractivity contribution is -0.123. The van der Waals surface area contributed by atoms with Gasteiger partial charge in [-0.05, 0) is 31.9 Å². The molecular weight excluding hydrogens is 278 g/mol. The molecule has 0 bridgehead atoms. The average Bonchev–Trinajstić information content (AvgIpc) is 2.40. The standard InChI is InChI=1S/C15H18F2N2O2/c1-9-5-6-10(15(18)21)7-19(9)8-13(20)14-11(16)3-2-4-12(14)17/h2-4,9-10H,5-8H2,1H3,(H2,18,21). The second-order valence-electron chi connectivity index (χ2n) is 5.47. The summed E-state index contributed by atoms with van der Waals surface area (Å²) in [7, 11) is 0. The summed E-state index contributed by atoms with van der Waals surface area (Å²) >= 11 is 0. The smallest absolute Gasteiger partial charge is 0.221 e. The maximum Gasteiger partial charge on any atom is 0.221 e. The van der Waals surface area contributed by atoms with Gasteiger partial charge < -0.3 is 5.73 Å². The predicted octanol–water partition coefficient (Wildman–Crippen LogP) is 1.73. The maximum absolute atomic E-state index is 13.6. The number of amides is 1. The number of hydrogen-bond donors (Lipinski definition) is 1. The van der Waals surface area contributed by atoms with Gasteiger partial charge in [-0.25, -0.2) is 8.78 Å². The molecule has 21 heavy (non-hydrogen) atoms. The van der Waals surface area contributed by atoms with Gasteiger partial charge in [-0.1, -0.05) is 6.07 Å². The van der Waals surface area contributed by atoms with E-state index in [0.29, 0.717) is 13.0 Å². The molecule has 2 N–H and O–H groups in total. The molecule has 0 saturated carbocycles. The van der Waals surface area contributed by atoms with E-state index in [9.17, 15) is 18.4 Å². The summed E-state index contributed by atoms with van der Waals surface area (Å²) in [5.74, 6) is -3.08. The number of nitrogens with zero attached hydrogens (tertiary/aromatic N) is 1. The minimum atomic E-state index is -0.865. The summed E-state index contributed by atoms with van der Waals surface area (Å²) < 4.78 is 27.2. The van der Waals surface area contributed by atoms with Crippen molar-refractivity contribution in [1.29, 1.82) is 0 Å². The van der Waals surface area contributed by atoms with Crippen molar-refractivity contribution in [2.45, 2.75) is 25.8 Å². The molecule has 1 amide bonds. The Bertz CT molecular complexity index is 542. The van der Waals surface area contributed by atoms with E-state index in [1.807, 2.05) is 6.92 Å². The quantitative estimate of drug-likeness (QED) is 0.861. The van der Waals surface area contributed by atoms with Gasteiger partial charge in [0, 0.05) is 12.6 Å². The molecule has 1 fully saturated rings. The third kappa shape index (κ3) is 3.44. The number of carbonyl (C=O) groups excluding carboxylic acids is 2. The fourth-order valence-corrected chi connectivity index (χ4v) is 2.66. The number of nitrogens with two attached hydrogens (primary N) is 1. The van der Waals surface area contributed by atoms with Crippen molar-refractivity contribution in [3.05, 3.63) is 35.4 Å². The molecule has 114 valence electrons. The summed E-state index contributed by atoms with van der Waals surface area (Å²) in [6, 6.07) is 3.40. The number of halogens is 2. The Balaban J connectivity index is 2.13. The van der Waals surface area contributed by atoms with E-state index in [4.69, 9.17) is 5.73 Å². The van der Waals surface area contributed by atoms with Crippen LogP contribution in [0.3, 0.4) is 0 Å². The van der Waals surface area contributed by atoms with E-state index >= 15 is 0 Å². The molecular formula is C15H18F2N2O2. The first-order valence-corrected chi connectivity index (χ1v) is 6.90. The van der Waals surface area contributed by atoms with Crippen molar-refractivity contribution >= 4 is 11.7 Å². The van der Waals surface area contributed by atoms with Crippen LogP contribution >= 0.6 is 0 Å². The van der Waals surface area contributed by atoms with E-state index < -0.39 is 28.9 Å². The van der Waals surface area contributed by atoms with Gasteiger partial charge in [0.15, 0.2) is 5.78 Å². The van der Waals surface area contributed by atoms with Crippen molar-refractivity contribution < 1.29 is 18.4 Å². The summed E-state index contributed by atoms with van der Waals surface area (Å²) in [6.45, 7) is 2.14. The summed E-state index contributed by atoms with van der Waals surface area (Å²) in [4.78, 5) is 25.2. The number of likely N-dealkylation sites (tertiary alicyclic amines) is 1. The molecule has 1 aromatic rings. The Morgan fingerprint density at radius 3 is 2.48 bits per heavy atom. The van der Waals surface area contributed by atoms with Crippen LogP contribution in [0.1, 0.15) is 30.1 Å². The second-order valence-corrected chi connectivity index (χ2v) is 5.47. The highest BCUT2D eigenvalue weighted by molar-refractivity contribution is 5.98. The van der Waals surface area contributed by atoms with Crippen molar-refractivity contribution in [2.75, 3.05) is 13.1 Å². The zero-order valence-electron chi connectivity index (χ0n) is 11.8. The first kappa shape index (κ1) is 15.6. The molecule has 0 aliphatic carbocycles. The highest BCUT2D eigenvalue weighted by Gasteiger charge is 2.30. The van der Waals surface area contributed by atoms with Gasteiger partial charge in [0.05, 0.1) is 18.0 Å². The van der Waals surface area contributed by atoms with Crippen LogP contribution in [0.4, 0.5) is 8.78 Å². The van der Waals surface area contributed by atoms with Gasteiger partial charge >= 0.3 is 0 Å². The van der Waals surface area contributed by atoms with Gasteiger partial charge in [-0.2, -0.15) is 0 Å². The number of ketones is 1. The summed E-state index contributed by atoms with van der Waals surface area (Å²) in [5, 5.41) is 0. The van der Waals surface area contributed by atoms with Crippen LogP contribution in [-0.2, 0) is 4.79 Å². The van der Waals surface area contributed by atoms with E-state index in [2.05, 4.69) is 0 Å². The molecule has 0 aromatic heterocycles. The molecule has 4 nitrogen and oxygen atoms in total. The van der Waals surface area contributed by atoms with Crippen LogP contribution in [0.5, 0.6) is 0 Å². The van der Waals surface area contributed by atoms with E-state index in [1.165, 1.54) is 6.07 Å². The maximum atomic E-state index is 13.6. The zero-order valence-corrected chi connectivity index (χ0v) is 11.8. The molecule has 2 unspecified atom stereocenters. The third-order valence-electron chi connectivity index (χ3n) is 4.00. The number of carbonyl (C=O) groups is 2. The summed E-state index contributed by atoms with van der Waals surface area (Å²) in [6.07, 6.45) is 1.40. The van der Waals surface area contributed by atoms with E-state index in [0.717, 1.165) is 18.6 Å². The number of rotatable bonds is 4. The lowest BCUT2D eigenvalue weighted by Crippen LogP contribution is -2.47. The number of Topliss-reactive ketones (excluding diaryl/α,β-unsaturated/α-hetero) is 1. The molecule has 1 aliphatic rings. The van der Waals surface area contributed by atoms with E-state index in [1.54, 1.807) is 4.90 Å². The average molecular weight is 296 g/mol. The highest BCUT2D eigenvalue weighted by Crippen LogP contribution is 2.22. The molecule has 1 aliphatic heterocycles. The SMILES string of the molecule is CC1CCC(C(N)=O)CN1CC(=O)c1c(F)cccc1F. The van der Waals surface area contributed by atoms with Crippen LogP contribution in [0.25, 0.3) is 0 Å². The van der Waals surface area contributed by atoms with Gasteiger partial charge in [0.2, 0.25) is 5.91 Å². The van der Waals surface area contributed by atoms with Crippen molar-refractivity contribution in [2.24, 2.45) is 11.7 Å². The van der Waals surface area contributed by atoms with Gasteiger partial charge in [-0.15, -0.1) is 0 Å². The molecule has 2 rings (SSSR count). The monoisotopic (exact) mass is 296 g/mol. The summed E-state index contributed by atoms with van der Waals surface area (Å²) in [5.41, 5.74) is 4.77. The normalized spacial score (nSPS) is 23.0. The second kappa shape index (κ2) is 6.30. The molecule has 1 heterocycles. The number of piperidine rings is 1. The van der Waals surface area contributed by atoms with Crippen molar-refractivity contribution in [3.63, 3.8) is 0 Å². The Morgan fingerprint density at radius 1 is 1.29 bits per heavy atom. The van der Waals surface area contributed by atoms with Crippen LogP contribution in [0.2, 0.25) is 0 Å². The number of benzene rings is 1. The lowest BCUT2D eigenvalue weighted by atomic mass is 9.92. The first-order chi connectivity index (χ1) is 9.90. The molecule has 1 saturated heterocycles. The molecule has 1 aromatic carbocycles. The molecule has 2 atom stereocenters. The predicted molar refractivity (Wildman–Crippen MR) is 73.6 cm³/mol. The Morgan fingerprint density at radius 2 is 1.90 bits per heavy atom. The topological polar surface area (TPSA) is 63.4 Å². The first-order valence-electron chi connectivity index (χ1n) is 6.90. The fraction of sp³-hybridized carbons (Fsp3) is 0.467. The third-order valence-corrected chi connectivity index (χ3v) is 4.00. The van der Waals surface area contributed by atoms with E-state index in [-0.39, 0.29) is 18.5 Å². The van der Waals surface area contributed by atoms with Gasteiger partial charge in [0.25, 0.3) is 0 Å². The Labute approximate surface area is 121 Å². The Hall–Kier alpha value is -1.82. The Kier molecular flexibility index (Phi) is 4.67. The lowest BCUT2D eigenvalue weighted by Gasteiger charge is -2.36. The molecule has 0 spiro atoms.